The van der Waals surface area contributed by atoms with Crippen LogP contribution >= 0.6 is 0 Å². The van der Waals surface area contributed by atoms with Gasteiger partial charge in [-0.15, -0.1) is 25.6 Å². The van der Waals surface area contributed by atoms with Gasteiger partial charge in [-0.25, -0.2) is 5.56 Å². The van der Waals surface area contributed by atoms with E-state index in [0.29, 0.717) is 0 Å². The molecule has 0 bridgehead atoms. The maximum absolute atomic E-state index is 4.33. The van der Waals surface area contributed by atoms with Crippen LogP contribution in [0.5, 0.6) is 0 Å². The Bertz CT molecular complexity index is 409. The van der Waals surface area contributed by atoms with Gasteiger partial charge in [0, 0.05) is 262 Å². The summed E-state index contributed by atoms with van der Waals surface area (Å²) in [5, 5.41) is 0. The van der Waals surface area contributed by atoms with Gasteiger partial charge in [0.25, 0.3) is 0 Å². The fourth-order valence-corrected chi connectivity index (χ4v) is 1.88. The van der Waals surface area contributed by atoms with E-state index in [-0.39, 0.29) is 262 Å². The van der Waals surface area contributed by atoms with Crippen molar-refractivity contribution in [2.24, 2.45) is 0 Å². The van der Waals surface area contributed by atoms with Gasteiger partial charge in [0.1, 0.15) is 0 Å². The van der Waals surface area contributed by atoms with Crippen LogP contribution in [-0.4, -0.2) is 4.98 Å². The van der Waals surface area contributed by atoms with Crippen molar-refractivity contribution < 1.29 is 262 Å². The fourth-order valence-electron chi connectivity index (χ4n) is 1.88. The first-order chi connectivity index (χ1) is 6.68. The van der Waals surface area contributed by atoms with Crippen LogP contribution in [0.15, 0.2) is 5.57 Å². The molecule has 0 saturated carbocycles. The number of nitrogens with zero attached hydrogens (tertiary/aromatic N) is 1. The normalized spacial score (nSPS) is 10.5. The molecule has 98 valence electrons. The van der Waals surface area contributed by atoms with Gasteiger partial charge >= 0.3 is 0 Å². The van der Waals surface area contributed by atoms with E-state index < -0.39 is 0 Å². The first kappa shape index (κ1) is 47.5. The van der Waals surface area contributed by atoms with Crippen LogP contribution in [0.4, 0.5) is 0 Å². The molecule has 1 aliphatic rings. The molecule has 0 fully saturated rings. The Labute approximate surface area is 337 Å². The van der Waals surface area contributed by atoms with Gasteiger partial charge in [-0.1, -0.05) is 19.8 Å². The Kier molecular flexibility index (Phi) is 57.8. The molecule has 0 N–H and O–H groups in total. The number of aryl methyl sites for hydroxylation is 2. The third kappa shape index (κ3) is 16.4. The zero-order valence-corrected chi connectivity index (χ0v) is 36.4. The number of allylic oxidation sites excluding steroid dienone is 2. The van der Waals surface area contributed by atoms with Crippen molar-refractivity contribution in [1.29, 1.82) is 0 Å². The van der Waals surface area contributed by atoms with Crippen LogP contribution in [0.1, 0.15) is 43.0 Å². The van der Waals surface area contributed by atoms with Crippen molar-refractivity contribution in [2.45, 2.75) is 40.0 Å². The smallest absolute Gasteiger partial charge is 0 e. The van der Waals surface area contributed by atoms with Crippen molar-refractivity contribution in [3.63, 3.8) is 0 Å². The van der Waals surface area contributed by atoms with Gasteiger partial charge in [-0.05, 0) is 6.42 Å². The van der Waals surface area contributed by atoms with Gasteiger partial charge < -0.3 is 4.98 Å². The molecule has 22 heavy (non-hydrogen) atoms. The largest absolute Gasteiger partial charge is 0.426 e. The average Bonchev–Trinajstić information content (AvgIpc) is 2.57. The van der Waals surface area contributed by atoms with Crippen molar-refractivity contribution >= 4 is 5.57 Å². The Balaban J connectivity index is -0.0000000562. The number of hydrogen-bond donors (Lipinski definition) is 0. The quantitative estimate of drug-likeness (QED) is 0.396. The van der Waals surface area contributed by atoms with Crippen LogP contribution in [0, 0.1) is 26.1 Å². The van der Waals surface area contributed by atoms with Gasteiger partial charge in [0.05, 0.1) is 0 Å². The van der Waals surface area contributed by atoms with Crippen LogP contribution in [0.25, 0.3) is 5.57 Å². The second kappa shape index (κ2) is 26.8. The minimum atomic E-state index is 0. The number of pyridine rings is 1. The van der Waals surface area contributed by atoms with Crippen LogP contribution < -0.4 is 0 Å². The average molecular weight is 897 g/mol. The van der Waals surface area contributed by atoms with E-state index in [1.54, 1.807) is 0 Å². The summed E-state index contributed by atoms with van der Waals surface area (Å²) in [5.74, 6) is 0. The van der Waals surface area contributed by atoms with Crippen LogP contribution in [-0.2, 0) is 262 Å². The summed E-state index contributed by atoms with van der Waals surface area (Å²) in [5.41, 5.74) is 6.16. The van der Waals surface area contributed by atoms with Gasteiger partial charge in [-0.2, -0.15) is 11.3 Å². The fraction of sp³-hybridized carbons (Fsp3) is 0.462. The second-order valence-corrected chi connectivity index (χ2v) is 4.06. The maximum atomic E-state index is 4.33. The molecule has 0 spiro atoms. The summed E-state index contributed by atoms with van der Waals surface area (Å²) in [6, 6.07) is 3.35. The Hall–Kier alpha value is 7.72. The topological polar surface area (TPSA) is 12.9 Å². The molecule has 8 radical (unpaired) electrons. The number of hydrogen-bond acceptors (Lipinski definition) is 1. The molecule has 9 heteroatoms. The number of rotatable bonds is 1. The molecular formula is C13H15NY8-2. The van der Waals surface area contributed by atoms with E-state index in [4.69, 9.17) is 0 Å². The summed E-state index contributed by atoms with van der Waals surface area (Å²) in [6.45, 7) is 6.30. The first-order valence-electron chi connectivity index (χ1n) is 5.15. The first-order valence-corrected chi connectivity index (χ1v) is 5.15. The minimum absolute atomic E-state index is 0. The Morgan fingerprint density at radius 2 is 1.23 bits per heavy atom. The Morgan fingerprint density at radius 3 is 1.59 bits per heavy atom. The SMILES string of the molecule is CC1=C(c2[c-]c(C)c(C)[c-]n2)CCC1.[Y].[Y].[Y].[Y].[Y].[Y].[Y].[Y]. The maximum Gasteiger partial charge on any atom is 0 e. The molecule has 0 unspecified atom stereocenters. The van der Waals surface area contributed by atoms with E-state index in [0.717, 1.165) is 17.7 Å². The molecule has 0 amide bonds. The molecular weight excluding hydrogens is 881 g/mol. The summed E-state index contributed by atoms with van der Waals surface area (Å²) in [6.07, 6.45) is 6.70. The van der Waals surface area contributed by atoms with E-state index >= 15 is 0 Å². The standard InChI is InChI=1S/C13H15N.8Y/c1-9-5-4-6-12(9)13-7-10(2)11(3)8-14-13;;;;;;;;/h4-6H2,1-3H3;;;;;;;;/q-2;;;;;;;;. The van der Waals surface area contributed by atoms with E-state index in [9.17, 15) is 0 Å². The second-order valence-electron chi connectivity index (χ2n) is 4.06. The third-order valence-electron chi connectivity index (χ3n) is 2.98. The van der Waals surface area contributed by atoms with E-state index in [1.807, 2.05) is 6.92 Å². The van der Waals surface area contributed by atoms with Crippen LogP contribution in [0.3, 0.4) is 0 Å². The summed E-state index contributed by atoms with van der Waals surface area (Å²) in [4.78, 5) is 4.33. The third-order valence-corrected chi connectivity index (χ3v) is 2.98. The molecule has 2 rings (SSSR count). The van der Waals surface area contributed by atoms with Crippen molar-refractivity contribution in [3.05, 3.63) is 34.7 Å². The molecule has 1 aromatic heterocycles. The number of aromatic nitrogens is 1. The molecule has 0 aliphatic heterocycles. The summed E-state index contributed by atoms with van der Waals surface area (Å²) >= 11 is 0. The molecule has 0 atom stereocenters. The van der Waals surface area contributed by atoms with E-state index in [1.165, 1.54) is 29.6 Å². The van der Waals surface area contributed by atoms with Gasteiger partial charge in [0.2, 0.25) is 0 Å². The molecule has 1 aliphatic carbocycles. The predicted octanol–water partition coefficient (Wildman–Crippen LogP) is 3.24. The molecule has 1 heterocycles. The molecule has 0 aromatic carbocycles. The van der Waals surface area contributed by atoms with Gasteiger partial charge in [0.15, 0.2) is 0 Å². The zero-order valence-electron chi connectivity index (χ0n) is 13.7. The minimum Gasteiger partial charge on any atom is -0.426 e. The van der Waals surface area contributed by atoms with Gasteiger partial charge in [-0.3, -0.25) is 11.6 Å². The molecule has 0 saturated heterocycles. The van der Waals surface area contributed by atoms with Crippen molar-refractivity contribution in [3.8, 4) is 0 Å². The zero-order chi connectivity index (χ0) is 10.1. The molecule has 1 aromatic rings. The monoisotopic (exact) mass is 896 g/mol. The van der Waals surface area contributed by atoms with Crippen LogP contribution in [0.2, 0.25) is 0 Å². The van der Waals surface area contributed by atoms with E-state index in [2.05, 4.69) is 31.1 Å². The Morgan fingerprint density at radius 1 is 0.727 bits per heavy atom. The van der Waals surface area contributed by atoms with Crippen molar-refractivity contribution in [2.75, 3.05) is 0 Å². The predicted molar refractivity (Wildman–Crippen MR) is 57.8 cm³/mol. The van der Waals surface area contributed by atoms with Crippen molar-refractivity contribution in [1.82, 2.24) is 4.98 Å². The summed E-state index contributed by atoms with van der Waals surface area (Å²) < 4.78 is 0. The molecule has 1 nitrogen and oxygen atoms in total. The summed E-state index contributed by atoms with van der Waals surface area (Å²) in [7, 11) is 0.